The molecule has 0 saturated carbocycles. The topological polar surface area (TPSA) is 0 Å². The Morgan fingerprint density at radius 3 is 1.64 bits per heavy atom. The van der Waals surface area contributed by atoms with Crippen molar-refractivity contribution in [1.29, 1.82) is 0 Å². The SMILES string of the molecule is CC(C)(C)[P@@](c1ccccc1)[C]12[CH]3[CH]4[CH]5[CH]1[Fe]45321678[CH]2[CH]1[CH]6[CH]7[CH]28. The summed E-state index contributed by atoms with van der Waals surface area (Å²) in [5, 5.41) is 2.34. The zero-order valence-electron chi connectivity index (χ0n) is 13.4. The fourth-order valence-electron chi connectivity index (χ4n) is 18.3. The third-order valence-corrected chi connectivity index (χ3v) is 66.5. The molecule has 0 aromatic heterocycles. The van der Waals surface area contributed by atoms with Gasteiger partial charge in [-0.05, 0) is 0 Å². The van der Waals surface area contributed by atoms with Crippen molar-refractivity contribution in [3.8, 4) is 0 Å². The number of benzene rings is 1. The molecule has 0 nitrogen and oxygen atoms in total. The summed E-state index contributed by atoms with van der Waals surface area (Å²) >= 11 is 0. The third kappa shape index (κ3) is 0.132. The van der Waals surface area contributed by atoms with E-state index in [-0.39, 0.29) is 7.92 Å². The molecule has 10 saturated heterocycles. The first-order valence-electron chi connectivity index (χ1n) is 9.34. The van der Waals surface area contributed by atoms with E-state index in [4.69, 9.17) is 0 Å². The zero-order chi connectivity index (χ0) is 14.2. The van der Waals surface area contributed by atoms with E-state index in [9.17, 15) is 0 Å². The third-order valence-electron chi connectivity index (χ3n) is 16.6. The Hall–Kier alpha value is 0.169. The van der Waals surface area contributed by atoms with Gasteiger partial charge in [-0.2, -0.15) is 0 Å². The molecular formula is C20H23FeP. The van der Waals surface area contributed by atoms with E-state index in [1.54, 1.807) is 5.30 Å². The second-order valence-electron chi connectivity index (χ2n) is 13.5. The zero-order valence-corrected chi connectivity index (χ0v) is 15.4. The Bertz CT molecular complexity index is 1160. The van der Waals surface area contributed by atoms with Crippen molar-refractivity contribution in [3.63, 3.8) is 0 Å². The van der Waals surface area contributed by atoms with Crippen LogP contribution < -0.4 is 5.30 Å². The summed E-state index contributed by atoms with van der Waals surface area (Å²) in [6, 6.07) is 12.0. The predicted molar refractivity (Wildman–Crippen MR) is 89.2 cm³/mol. The average Bonchev–Trinajstić information content (AvgIpc) is 3.41. The van der Waals surface area contributed by atoms with Gasteiger partial charge >= 0.3 is 123 Å². The van der Waals surface area contributed by atoms with Crippen molar-refractivity contribution in [2.24, 2.45) is 0 Å². The molecule has 10 heterocycles. The quantitative estimate of drug-likeness (QED) is 0.461. The summed E-state index contributed by atoms with van der Waals surface area (Å²) in [7, 11) is 0.0858. The molecule has 2 heteroatoms. The van der Waals surface area contributed by atoms with Gasteiger partial charge in [-0.15, -0.1) is 0 Å². The molecule has 0 radical (unpaired) electrons. The van der Waals surface area contributed by atoms with Gasteiger partial charge in [-0.1, -0.05) is 0 Å². The molecule has 0 N–H and O–H groups in total. The Balaban J connectivity index is 1.38. The maximum atomic E-state index is 2.61. The Kier molecular flexibility index (Phi) is 0.415. The summed E-state index contributed by atoms with van der Waals surface area (Å²) in [4.78, 5) is 13.2. The molecule has 116 valence electrons. The van der Waals surface area contributed by atoms with Gasteiger partial charge in [-0.3, -0.25) is 0 Å². The molecule has 0 bridgehead atoms. The molecule has 0 aliphatic carbocycles. The van der Waals surface area contributed by atoms with Crippen molar-refractivity contribution in [3.05, 3.63) is 30.3 Å². The maximum absolute atomic E-state index is 2.96. The van der Waals surface area contributed by atoms with Gasteiger partial charge in [-0.25, -0.2) is 0 Å². The monoisotopic (exact) mass is 350 g/mol. The van der Waals surface area contributed by atoms with Gasteiger partial charge in [0, 0.05) is 0 Å². The standard InChI is InChI=1S/C15H18P.C5H5.Fe/c1-15(2,3)16(14-11-7-8-12-14)13-9-5-4-6-10-13;1-2-4-5-3-1;/h4-12H,1-3H3;1-5H;/t16-;;/m0../s1. The van der Waals surface area contributed by atoms with Crippen molar-refractivity contribution >= 4 is 13.2 Å². The van der Waals surface area contributed by atoms with Gasteiger partial charge in [0.25, 0.3) is 0 Å². The molecule has 1 aromatic rings. The van der Waals surface area contributed by atoms with Crippen LogP contribution in [0.5, 0.6) is 0 Å². The fourth-order valence-corrected chi connectivity index (χ4v) is 108. The van der Waals surface area contributed by atoms with Crippen LogP contribution in [0.15, 0.2) is 30.3 Å². The Labute approximate surface area is 123 Å². The fraction of sp³-hybridized carbons (Fsp3) is 0.700. The molecule has 22 heavy (non-hydrogen) atoms. The van der Waals surface area contributed by atoms with Crippen LogP contribution in [0.2, 0.25) is 43.3 Å². The van der Waals surface area contributed by atoms with Gasteiger partial charge in [0.1, 0.15) is 0 Å². The van der Waals surface area contributed by atoms with Crippen molar-refractivity contribution < 1.29 is 6.51 Å². The van der Waals surface area contributed by atoms with Crippen LogP contribution in [0.1, 0.15) is 20.8 Å². The molecule has 11 rings (SSSR count). The number of hydrogen-bond donors (Lipinski definition) is 0. The number of fused-ring (bicyclic) bond motifs is 10. The summed E-state index contributed by atoms with van der Waals surface area (Å²) in [5.41, 5.74) is 0. The van der Waals surface area contributed by atoms with E-state index in [0.29, 0.717) is 5.16 Å². The van der Waals surface area contributed by atoms with Gasteiger partial charge in [0.05, 0.1) is 0 Å². The van der Waals surface area contributed by atoms with E-state index >= 15 is 0 Å². The normalized spacial score (nSPS) is 97.0. The second kappa shape index (κ2) is 0.951. The molecule has 10 aliphatic rings. The van der Waals surface area contributed by atoms with Crippen molar-refractivity contribution in [2.75, 3.05) is 0 Å². The summed E-state index contributed by atoms with van der Waals surface area (Å²) in [5.74, 6) is 0. The van der Waals surface area contributed by atoms with Crippen molar-refractivity contribution in [2.45, 2.75) is 73.3 Å². The van der Waals surface area contributed by atoms with Gasteiger partial charge in [0.2, 0.25) is 0 Å². The first-order chi connectivity index (χ1) is 10.3. The van der Waals surface area contributed by atoms with Gasteiger partial charge in [0.15, 0.2) is 0 Å². The van der Waals surface area contributed by atoms with Crippen LogP contribution in [0, 0.1) is 0 Å². The van der Waals surface area contributed by atoms with Crippen LogP contribution in [-0.2, 0) is 6.51 Å². The average molecular weight is 350 g/mol. The Morgan fingerprint density at radius 2 is 1.32 bits per heavy atom. The summed E-state index contributed by atoms with van der Waals surface area (Å²) < 4.78 is 1.06. The first-order valence-corrected chi connectivity index (χ1v) is 17.0. The molecule has 10 fully saturated rings. The van der Waals surface area contributed by atoms with Crippen LogP contribution in [0.25, 0.3) is 0 Å². The summed E-state index contributed by atoms with van der Waals surface area (Å²) in [6.45, 7) is 4.86. The van der Waals surface area contributed by atoms with Gasteiger partial charge < -0.3 is 0 Å². The van der Waals surface area contributed by atoms with E-state index in [0.717, 1.165) is 4.05 Å². The minimum absolute atomic E-state index is 0.0858. The Morgan fingerprint density at radius 1 is 0.818 bits per heavy atom. The molecular weight excluding hydrogens is 327 g/mol. The molecule has 10 aliphatic heterocycles. The van der Waals surface area contributed by atoms with E-state index < -0.39 is 6.51 Å². The number of rotatable bonds is 2. The second-order valence-corrected chi connectivity index (χ2v) is 40.7. The number of hydrogen-bond acceptors (Lipinski definition) is 0. The van der Waals surface area contributed by atoms with E-state index in [2.05, 4.69) is 51.1 Å². The molecule has 1 spiro atoms. The molecule has 5 atom stereocenters. The van der Waals surface area contributed by atoms with Crippen molar-refractivity contribution in [1.82, 2.24) is 0 Å². The first kappa shape index (κ1) is 9.60. The molecule has 1 aromatic carbocycles. The predicted octanol–water partition coefficient (Wildman–Crippen LogP) is 5.89. The van der Waals surface area contributed by atoms with E-state index in [1.165, 1.54) is 43.3 Å². The molecule has 0 amide bonds. The van der Waals surface area contributed by atoms with E-state index in [1.807, 2.05) is 0 Å². The van der Waals surface area contributed by atoms with Crippen LogP contribution in [0.3, 0.4) is 0 Å². The summed E-state index contributed by atoms with van der Waals surface area (Å²) in [6.07, 6.45) is 0. The van der Waals surface area contributed by atoms with Crippen LogP contribution in [-0.4, -0.2) is 9.21 Å². The molecule has 4 unspecified atom stereocenters. The van der Waals surface area contributed by atoms with Crippen LogP contribution in [0.4, 0.5) is 0 Å². The minimum atomic E-state index is -2.96. The van der Waals surface area contributed by atoms with Crippen LogP contribution >= 0.6 is 7.92 Å².